The summed E-state index contributed by atoms with van der Waals surface area (Å²) in [4.78, 5) is 12.2. The van der Waals surface area contributed by atoms with Gasteiger partial charge in [-0.25, -0.2) is 13.8 Å². The Morgan fingerprint density at radius 3 is 2.26 bits per heavy atom. The molecule has 7 heteroatoms. The second-order valence-electron chi connectivity index (χ2n) is 6.63. The molecule has 0 spiro atoms. The molecule has 0 unspecified atom stereocenters. The zero-order chi connectivity index (χ0) is 19.3. The van der Waals surface area contributed by atoms with Gasteiger partial charge in [0.25, 0.3) is 5.91 Å². The smallest absolute Gasteiger partial charge is 0.267 e. The molecule has 0 radical (unpaired) electrons. The van der Waals surface area contributed by atoms with Crippen LogP contribution < -0.4 is 9.73 Å². The lowest BCUT2D eigenvalue weighted by atomic mass is 10.2. The number of amides is 1. The number of anilines is 1. The molecule has 27 heavy (non-hydrogen) atoms. The van der Waals surface area contributed by atoms with Crippen molar-refractivity contribution in [1.29, 1.82) is 0 Å². The van der Waals surface area contributed by atoms with E-state index in [1.54, 1.807) is 24.3 Å². The lowest BCUT2D eigenvalue weighted by Crippen LogP contribution is -2.29. The number of hydrogen-bond acceptors (Lipinski definition) is 4. The molecule has 142 valence electrons. The SMILES string of the molecule is CS(=O)(=O)N(Cc1ccccc1)c1ccc(C(=O)NN=C2CCCC2)cc1. The van der Waals surface area contributed by atoms with Gasteiger partial charge in [-0.2, -0.15) is 5.10 Å². The topological polar surface area (TPSA) is 78.8 Å². The van der Waals surface area contributed by atoms with Crippen LogP contribution in [0.1, 0.15) is 41.6 Å². The molecule has 1 N–H and O–H groups in total. The van der Waals surface area contributed by atoms with Gasteiger partial charge in [0.05, 0.1) is 18.5 Å². The molecule has 2 aromatic carbocycles. The molecule has 1 saturated carbocycles. The second kappa shape index (κ2) is 8.35. The third-order valence-corrected chi connectivity index (χ3v) is 5.62. The van der Waals surface area contributed by atoms with E-state index in [0.717, 1.165) is 37.0 Å². The minimum absolute atomic E-state index is 0.235. The summed E-state index contributed by atoms with van der Waals surface area (Å²) in [5.74, 6) is -0.296. The van der Waals surface area contributed by atoms with Crippen molar-refractivity contribution in [1.82, 2.24) is 5.43 Å². The number of sulfonamides is 1. The standard InChI is InChI=1S/C20H23N3O3S/c1-27(25,26)23(15-16-7-3-2-4-8-16)19-13-11-17(12-14-19)20(24)22-21-18-9-5-6-10-18/h2-4,7-8,11-14H,5-6,9-10,15H2,1H3,(H,22,24). The van der Waals surface area contributed by atoms with Crippen molar-refractivity contribution in [3.8, 4) is 0 Å². The van der Waals surface area contributed by atoms with Gasteiger partial charge in [0.2, 0.25) is 10.0 Å². The first-order valence-corrected chi connectivity index (χ1v) is 10.8. The maximum Gasteiger partial charge on any atom is 0.271 e. The van der Waals surface area contributed by atoms with E-state index < -0.39 is 10.0 Å². The van der Waals surface area contributed by atoms with Crippen molar-refractivity contribution in [3.63, 3.8) is 0 Å². The van der Waals surface area contributed by atoms with Crippen molar-refractivity contribution in [3.05, 3.63) is 65.7 Å². The van der Waals surface area contributed by atoms with Gasteiger partial charge < -0.3 is 0 Å². The molecule has 3 rings (SSSR count). The first-order valence-electron chi connectivity index (χ1n) is 8.91. The van der Waals surface area contributed by atoms with E-state index in [-0.39, 0.29) is 12.5 Å². The minimum atomic E-state index is -3.46. The largest absolute Gasteiger partial charge is 0.271 e. The fourth-order valence-electron chi connectivity index (χ4n) is 3.02. The maximum atomic E-state index is 12.2. The van der Waals surface area contributed by atoms with Crippen molar-refractivity contribution >= 4 is 27.3 Å². The minimum Gasteiger partial charge on any atom is -0.267 e. The van der Waals surface area contributed by atoms with Crippen LogP contribution in [-0.4, -0.2) is 26.3 Å². The Balaban J connectivity index is 1.75. The Morgan fingerprint density at radius 1 is 1.04 bits per heavy atom. The second-order valence-corrected chi connectivity index (χ2v) is 8.53. The fourth-order valence-corrected chi connectivity index (χ4v) is 3.91. The normalized spacial score (nSPS) is 14.0. The van der Waals surface area contributed by atoms with Crippen LogP contribution in [-0.2, 0) is 16.6 Å². The molecule has 6 nitrogen and oxygen atoms in total. The quantitative estimate of drug-likeness (QED) is 0.775. The highest BCUT2D eigenvalue weighted by molar-refractivity contribution is 7.92. The van der Waals surface area contributed by atoms with E-state index in [9.17, 15) is 13.2 Å². The van der Waals surface area contributed by atoms with Gasteiger partial charge >= 0.3 is 0 Å². The molecule has 0 atom stereocenters. The number of carbonyl (C=O) groups excluding carboxylic acids is 1. The summed E-state index contributed by atoms with van der Waals surface area (Å²) in [6, 6.07) is 15.9. The van der Waals surface area contributed by atoms with Crippen LogP contribution in [0.4, 0.5) is 5.69 Å². The number of nitrogens with one attached hydrogen (secondary N) is 1. The van der Waals surface area contributed by atoms with Crippen LogP contribution in [0, 0.1) is 0 Å². The molecule has 1 amide bonds. The molecular formula is C20H23N3O3S. The summed E-state index contributed by atoms with van der Waals surface area (Å²) in [5.41, 5.74) is 5.44. The Hall–Kier alpha value is -2.67. The summed E-state index contributed by atoms with van der Waals surface area (Å²) in [6.07, 6.45) is 5.27. The molecule has 0 aliphatic heterocycles. The first kappa shape index (κ1) is 19.1. The number of rotatable bonds is 6. The number of nitrogens with zero attached hydrogens (tertiary/aromatic N) is 2. The van der Waals surface area contributed by atoms with Crippen molar-refractivity contribution in [2.45, 2.75) is 32.2 Å². The molecule has 0 heterocycles. The average molecular weight is 385 g/mol. The Morgan fingerprint density at radius 2 is 1.67 bits per heavy atom. The highest BCUT2D eigenvalue weighted by atomic mass is 32.2. The highest BCUT2D eigenvalue weighted by Gasteiger charge is 2.18. The van der Waals surface area contributed by atoms with Crippen LogP contribution in [0.5, 0.6) is 0 Å². The van der Waals surface area contributed by atoms with Gasteiger partial charge in [-0.3, -0.25) is 9.10 Å². The summed E-state index contributed by atoms with van der Waals surface area (Å²) in [6.45, 7) is 0.235. The number of hydrogen-bond donors (Lipinski definition) is 1. The van der Waals surface area contributed by atoms with E-state index in [1.165, 1.54) is 10.6 Å². The fraction of sp³-hybridized carbons (Fsp3) is 0.300. The van der Waals surface area contributed by atoms with Crippen LogP contribution in [0.25, 0.3) is 0 Å². The zero-order valence-corrected chi connectivity index (χ0v) is 16.1. The van der Waals surface area contributed by atoms with Crippen LogP contribution in [0.15, 0.2) is 59.7 Å². The lowest BCUT2D eigenvalue weighted by molar-refractivity contribution is 0.0954. The average Bonchev–Trinajstić information content (AvgIpc) is 3.18. The Bertz CT molecular complexity index is 915. The molecule has 1 aliphatic carbocycles. The van der Waals surface area contributed by atoms with Gasteiger partial charge in [-0.1, -0.05) is 30.3 Å². The number of benzene rings is 2. The Labute approximate surface area is 159 Å². The maximum absolute atomic E-state index is 12.2. The zero-order valence-electron chi connectivity index (χ0n) is 15.3. The highest BCUT2D eigenvalue weighted by Crippen LogP contribution is 2.21. The lowest BCUT2D eigenvalue weighted by Gasteiger charge is -2.22. The van der Waals surface area contributed by atoms with E-state index in [1.807, 2.05) is 30.3 Å². The number of hydrazone groups is 1. The van der Waals surface area contributed by atoms with E-state index in [4.69, 9.17) is 0 Å². The van der Waals surface area contributed by atoms with Crippen LogP contribution in [0.3, 0.4) is 0 Å². The van der Waals surface area contributed by atoms with Gasteiger partial charge in [0, 0.05) is 11.3 Å². The monoisotopic (exact) mass is 385 g/mol. The van der Waals surface area contributed by atoms with Crippen molar-refractivity contribution in [2.24, 2.45) is 5.10 Å². The molecule has 0 bridgehead atoms. The molecule has 1 aliphatic rings. The van der Waals surface area contributed by atoms with Crippen LogP contribution in [0.2, 0.25) is 0 Å². The molecule has 0 aromatic heterocycles. The third-order valence-electron chi connectivity index (χ3n) is 4.48. The number of carbonyl (C=O) groups is 1. The van der Waals surface area contributed by atoms with E-state index in [0.29, 0.717) is 11.3 Å². The molecule has 2 aromatic rings. The third kappa shape index (κ3) is 5.17. The Kier molecular flexibility index (Phi) is 5.91. The van der Waals surface area contributed by atoms with Crippen molar-refractivity contribution < 1.29 is 13.2 Å². The van der Waals surface area contributed by atoms with Crippen molar-refractivity contribution in [2.75, 3.05) is 10.6 Å². The molecule has 1 fully saturated rings. The van der Waals surface area contributed by atoms with Gasteiger partial charge in [0.1, 0.15) is 0 Å². The van der Waals surface area contributed by atoms with Gasteiger partial charge in [-0.05, 0) is 55.5 Å². The van der Waals surface area contributed by atoms with Crippen LogP contribution >= 0.6 is 0 Å². The predicted octanol–water partition coefficient (Wildman–Crippen LogP) is 3.31. The van der Waals surface area contributed by atoms with Gasteiger partial charge in [-0.15, -0.1) is 0 Å². The molecule has 0 saturated heterocycles. The summed E-state index contributed by atoms with van der Waals surface area (Å²) in [5, 5.41) is 4.16. The van der Waals surface area contributed by atoms with E-state index in [2.05, 4.69) is 10.5 Å². The summed E-state index contributed by atoms with van der Waals surface area (Å²) >= 11 is 0. The van der Waals surface area contributed by atoms with Gasteiger partial charge in [0.15, 0.2) is 0 Å². The summed E-state index contributed by atoms with van der Waals surface area (Å²) < 4.78 is 25.8. The summed E-state index contributed by atoms with van der Waals surface area (Å²) in [7, 11) is -3.46. The predicted molar refractivity (Wildman–Crippen MR) is 107 cm³/mol. The molecular weight excluding hydrogens is 362 g/mol. The first-order chi connectivity index (χ1) is 12.9. The van der Waals surface area contributed by atoms with E-state index >= 15 is 0 Å².